The molecule has 120 valence electrons. The van der Waals surface area contributed by atoms with Crippen LogP contribution >= 0.6 is 0 Å². The molecule has 0 fully saturated rings. The van der Waals surface area contributed by atoms with Crippen LogP contribution in [-0.4, -0.2) is 11.8 Å². The first-order chi connectivity index (χ1) is 11.6. The van der Waals surface area contributed by atoms with Crippen molar-refractivity contribution in [2.75, 3.05) is 10.6 Å². The highest BCUT2D eigenvalue weighted by atomic mass is 16.2. The Labute approximate surface area is 140 Å². The van der Waals surface area contributed by atoms with Gasteiger partial charge in [-0.15, -0.1) is 0 Å². The third-order valence-corrected chi connectivity index (χ3v) is 3.12. The first-order valence-electron chi connectivity index (χ1n) is 7.39. The molecule has 2 amide bonds. The van der Waals surface area contributed by atoms with Crippen molar-refractivity contribution in [3.63, 3.8) is 0 Å². The predicted molar refractivity (Wildman–Crippen MR) is 94.1 cm³/mol. The van der Waals surface area contributed by atoms with Crippen LogP contribution in [0, 0.1) is 18.3 Å². The molecule has 0 saturated heterocycles. The van der Waals surface area contributed by atoms with Gasteiger partial charge in [0, 0.05) is 17.5 Å². The van der Waals surface area contributed by atoms with E-state index in [9.17, 15) is 9.59 Å². The molecule has 0 aliphatic carbocycles. The largest absolute Gasteiger partial charge is 0.325 e. The number of nitrogens with zero attached hydrogens (tertiary/aromatic N) is 1. The summed E-state index contributed by atoms with van der Waals surface area (Å²) >= 11 is 0. The van der Waals surface area contributed by atoms with Crippen molar-refractivity contribution < 1.29 is 9.59 Å². The number of hydrogen-bond acceptors (Lipinski definition) is 3. The van der Waals surface area contributed by atoms with Gasteiger partial charge in [0.05, 0.1) is 6.07 Å². The SMILES string of the molecule is Cc1cccc(/C=C/C(=O)Nc2cccc(NC(=O)CC#N)c2)c1. The summed E-state index contributed by atoms with van der Waals surface area (Å²) in [5.74, 6) is -0.655. The topological polar surface area (TPSA) is 82.0 Å². The van der Waals surface area contributed by atoms with Crippen molar-refractivity contribution in [1.29, 1.82) is 5.26 Å². The van der Waals surface area contributed by atoms with Crippen molar-refractivity contribution in [1.82, 2.24) is 0 Å². The first-order valence-corrected chi connectivity index (χ1v) is 7.39. The lowest BCUT2D eigenvalue weighted by atomic mass is 10.1. The molecule has 24 heavy (non-hydrogen) atoms. The molecule has 5 nitrogen and oxygen atoms in total. The third kappa shape index (κ3) is 5.43. The second-order valence-corrected chi connectivity index (χ2v) is 5.20. The van der Waals surface area contributed by atoms with Crippen LogP contribution in [0.5, 0.6) is 0 Å². The maximum absolute atomic E-state index is 12.0. The molecule has 0 aromatic heterocycles. The highest BCUT2D eigenvalue weighted by Crippen LogP contribution is 2.15. The Balaban J connectivity index is 1.99. The fourth-order valence-electron chi connectivity index (χ4n) is 2.08. The molecule has 5 heteroatoms. The number of hydrogen-bond donors (Lipinski definition) is 2. The summed E-state index contributed by atoms with van der Waals surface area (Å²) in [6.07, 6.45) is 2.98. The van der Waals surface area contributed by atoms with Crippen LogP contribution in [0.15, 0.2) is 54.6 Å². The molecule has 0 aliphatic rings. The van der Waals surface area contributed by atoms with Crippen molar-refractivity contribution in [2.24, 2.45) is 0 Å². The molecule has 0 radical (unpaired) electrons. The third-order valence-electron chi connectivity index (χ3n) is 3.12. The molecule has 0 heterocycles. The summed E-state index contributed by atoms with van der Waals surface area (Å²) < 4.78 is 0. The average molecular weight is 319 g/mol. The van der Waals surface area contributed by atoms with Gasteiger partial charge in [0.25, 0.3) is 0 Å². The lowest BCUT2D eigenvalue weighted by Crippen LogP contribution is -2.11. The molecule has 2 N–H and O–H groups in total. The number of benzene rings is 2. The van der Waals surface area contributed by atoms with Crippen molar-refractivity contribution in [3.8, 4) is 6.07 Å². The highest BCUT2D eigenvalue weighted by molar-refractivity contribution is 6.02. The molecule has 2 aromatic carbocycles. The Morgan fingerprint density at radius 1 is 1.08 bits per heavy atom. The maximum Gasteiger partial charge on any atom is 0.248 e. The second kappa shape index (κ2) is 8.30. The summed E-state index contributed by atoms with van der Waals surface area (Å²) in [7, 11) is 0. The Morgan fingerprint density at radius 2 is 1.79 bits per heavy atom. The van der Waals surface area contributed by atoms with Gasteiger partial charge in [0.2, 0.25) is 11.8 Å². The van der Waals surface area contributed by atoms with Crippen LogP contribution in [0.3, 0.4) is 0 Å². The van der Waals surface area contributed by atoms with E-state index in [0.717, 1.165) is 11.1 Å². The zero-order chi connectivity index (χ0) is 17.4. The van der Waals surface area contributed by atoms with Crippen LogP contribution in [-0.2, 0) is 9.59 Å². The second-order valence-electron chi connectivity index (χ2n) is 5.20. The van der Waals surface area contributed by atoms with E-state index < -0.39 is 0 Å². The molecule has 0 saturated carbocycles. The van der Waals surface area contributed by atoms with Gasteiger partial charge in [-0.1, -0.05) is 35.9 Å². The van der Waals surface area contributed by atoms with E-state index in [1.54, 1.807) is 36.4 Å². The number of rotatable bonds is 5. The Hall–Kier alpha value is -3.39. The summed E-state index contributed by atoms with van der Waals surface area (Å²) in [6, 6.07) is 16.4. The lowest BCUT2D eigenvalue weighted by molar-refractivity contribution is -0.115. The van der Waals surface area contributed by atoms with Crippen LogP contribution in [0.25, 0.3) is 6.08 Å². The zero-order valence-electron chi connectivity index (χ0n) is 13.2. The van der Waals surface area contributed by atoms with Gasteiger partial charge < -0.3 is 10.6 Å². The number of carbonyl (C=O) groups is 2. The number of carbonyl (C=O) groups excluding carboxylic acids is 2. The van der Waals surface area contributed by atoms with E-state index in [4.69, 9.17) is 5.26 Å². The minimum atomic E-state index is -0.389. The van der Waals surface area contributed by atoms with Gasteiger partial charge in [-0.05, 0) is 36.8 Å². The highest BCUT2D eigenvalue weighted by Gasteiger charge is 2.03. The molecular weight excluding hydrogens is 302 g/mol. The molecule has 0 aliphatic heterocycles. The molecule has 0 bridgehead atoms. The summed E-state index contributed by atoms with van der Waals surface area (Å²) in [5, 5.41) is 13.8. The zero-order valence-corrected chi connectivity index (χ0v) is 13.2. The van der Waals surface area contributed by atoms with Gasteiger partial charge in [0.15, 0.2) is 0 Å². The van der Waals surface area contributed by atoms with Crippen molar-refractivity contribution in [3.05, 3.63) is 65.7 Å². The van der Waals surface area contributed by atoms with Gasteiger partial charge in [-0.25, -0.2) is 0 Å². The quantitative estimate of drug-likeness (QED) is 0.828. The Morgan fingerprint density at radius 3 is 2.50 bits per heavy atom. The normalized spacial score (nSPS) is 10.2. The summed E-state index contributed by atoms with van der Waals surface area (Å²) in [6.45, 7) is 1.99. The summed E-state index contributed by atoms with van der Waals surface area (Å²) in [4.78, 5) is 23.4. The van der Waals surface area contributed by atoms with Gasteiger partial charge >= 0.3 is 0 Å². The number of aryl methyl sites for hydroxylation is 1. The van der Waals surface area contributed by atoms with Gasteiger partial charge in [-0.3, -0.25) is 9.59 Å². The monoisotopic (exact) mass is 319 g/mol. The van der Waals surface area contributed by atoms with E-state index in [2.05, 4.69) is 10.6 Å². The predicted octanol–water partition coefficient (Wildman–Crippen LogP) is 3.50. The Bertz CT molecular complexity index is 819. The standard InChI is InChI=1S/C19H17N3O2/c1-14-4-2-5-15(12-14)8-9-18(23)21-16-6-3-7-17(13-16)22-19(24)10-11-20/h2-9,12-13H,10H2,1H3,(H,21,23)(H,22,24)/b9-8+. The maximum atomic E-state index is 12.0. The summed E-state index contributed by atoms with van der Waals surface area (Å²) in [5.41, 5.74) is 3.15. The molecule has 2 rings (SSSR count). The Kier molecular flexibility index (Phi) is 5.87. The van der Waals surface area contributed by atoms with E-state index in [-0.39, 0.29) is 18.2 Å². The van der Waals surface area contributed by atoms with E-state index in [1.165, 1.54) is 6.08 Å². The van der Waals surface area contributed by atoms with Crippen molar-refractivity contribution in [2.45, 2.75) is 13.3 Å². The van der Waals surface area contributed by atoms with Crippen LogP contribution in [0.1, 0.15) is 17.5 Å². The van der Waals surface area contributed by atoms with E-state index in [0.29, 0.717) is 11.4 Å². The number of nitriles is 1. The molecule has 2 aromatic rings. The lowest BCUT2D eigenvalue weighted by Gasteiger charge is -2.06. The van der Waals surface area contributed by atoms with Crippen LogP contribution in [0.2, 0.25) is 0 Å². The number of nitrogens with one attached hydrogen (secondary N) is 2. The van der Waals surface area contributed by atoms with Crippen molar-refractivity contribution >= 4 is 29.3 Å². The van der Waals surface area contributed by atoms with Crippen LogP contribution in [0.4, 0.5) is 11.4 Å². The van der Waals surface area contributed by atoms with Gasteiger partial charge in [0.1, 0.15) is 6.42 Å². The number of anilines is 2. The number of amides is 2. The molecule has 0 atom stereocenters. The average Bonchev–Trinajstić information content (AvgIpc) is 2.53. The smallest absolute Gasteiger partial charge is 0.248 e. The molecule has 0 spiro atoms. The fraction of sp³-hybridized carbons (Fsp3) is 0.105. The van der Waals surface area contributed by atoms with Gasteiger partial charge in [-0.2, -0.15) is 5.26 Å². The molecule has 0 unspecified atom stereocenters. The van der Waals surface area contributed by atoms with Crippen LogP contribution < -0.4 is 10.6 Å². The first kappa shape index (κ1) is 17.0. The van der Waals surface area contributed by atoms with E-state index >= 15 is 0 Å². The minimum Gasteiger partial charge on any atom is -0.325 e. The van der Waals surface area contributed by atoms with E-state index in [1.807, 2.05) is 31.2 Å². The molecular formula is C19H17N3O2. The minimum absolute atomic E-state index is 0.212. The fourth-order valence-corrected chi connectivity index (χ4v) is 2.08.